The molecule has 5 rings (SSSR count). The third-order valence-electron chi connectivity index (χ3n) is 6.72. The Balaban J connectivity index is 1.60. The third kappa shape index (κ3) is 4.08. The zero-order valence-corrected chi connectivity index (χ0v) is 19.8. The van der Waals surface area contributed by atoms with Crippen molar-refractivity contribution in [1.82, 2.24) is 0 Å². The molecule has 2 atom stereocenters. The lowest BCUT2D eigenvalue weighted by atomic mass is 9.78. The lowest BCUT2D eigenvalue weighted by molar-refractivity contribution is -0.385. The normalized spacial score (nSPS) is 18.8. The van der Waals surface area contributed by atoms with Gasteiger partial charge >= 0.3 is 5.69 Å². The largest absolute Gasteiger partial charge is 0.502 e. The van der Waals surface area contributed by atoms with E-state index < -0.39 is 22.4 Å². The van der Waals surface area contributed by atoms with Crippen LogP contribution < -0.4 is 20.1 Å². The Labute approximate surface area is 207 Å². The van der Waals surface area contributed by atoms with E-state index in [9.17, 15) is 20.0 Å². The number of carbonyl (C=O) groups excluding carboxylic acids is 1. The summed E-state index contributed by atoms with van der Waals surface area (Å²) in [4.78, 5) is 24.5. The van der Waals surface area contributed by atoms with Crippen molar-refractivity contribution in [2.45, 2.75) is 24.8 Å². The monoisotopic (exact) mass is 487 g/mol. The van der Waals surface area contributed by atoms with Crippen LogP contribution in [0.2, 0.25) is 0 Å². The first-order chi connectivity index (χ1) is 17.4. The Morgan fingerprint density at radius 1 is 0.944 bits per heavy atom. The molecule has 1 heterocycles. The number of nitro benzene ring substituents is 1. The summed E-state index contributed by atoms with van der Waals surface area (Å²) in [6.07, 6.45) is 0.827. The predicted octanol–water partition coefficient (Wildman–Crippen LogP) is 5.30. The number of nitro groups is 1. The fraction of sp³-hybridized carbons (Fsp3) is 0.222. The van der Waals surface area contributed by atoms with Crippen molar-refractivity contribution in [3.63, 3.8) is 0 Å². The summed E-state index contributed by atoms with van der Waals surface area (Å²) in [5.41, 5.74) is 3.92. The zero-order valence-electron chi connectivity index (χ0n) is 19.8. The van der Waals surface area contributed by atoms with Crippen LogP contribution in [0, 0.1) is 10.1 Å². The molecule has 0 radical (unpaired) electrons. The van der Waals surface area contributed by atoms with Crippen LogP contribution in [-0.4, -0.2) is 30.0 Å². The van der Waals surface area contributed by atoms with Gasteiger partial charge in [-0.25, -0.2) is 0 Å². The van der Waals surface area contributed by atoms with Crippen LogP contribution in [0.5, 0.6) is 17.2 Å². The molecule has 0 spiro atoms. The van der Waals surface area contributed by atoms with Crippen molar-refractivity contribution in [2.24, 2.45) is 0 Å². The van der Waals surface area contributed by atoms with E-state index in [0.717, 1.165) is 22.6 Å². The van der Waals surface area contributed by atoms with E-state index >= 15 is 0 Å². The minimum Gasteiger partial charge on any atom is -0.502 e. The third-order valence-corrected chi connectivity index (χ3v) is 6.72. The number of rotatable bonds is 5. The SMILES string of the molecule is COc1ccc([C@H]2CC(=O)C3=C(C2)Nc2ccccc2N[C@@H]3c2ccc(O)c([N+](=O)[O-])c2)cc1OC. The van der Waals surface area contributed by atoms with Crippen LogP contribution >= 0.6 is 0 Å². The van der Waals surface area contributed by atoms with Gasteiger partial charge in [0.15, 0.2) is 23.0 Å². The highest BCUT2D eigenvalue weighted by molar-refractivity contribution is 6.01. The van der Waals surface area contributed by atoms with Crippen LogP contribution in [-0.2, 0) is 4.79 Å². The minimum absolute atomic E-state index is 0.0652. The van der Waals surface area contributed by atoms with Crippen LogP contribution in [0.15, 0.2) is 71.9 Å². The van der Waals surface area contributed by atoms with Crippen molar-refractivity contribution >= 4 is 22.8 Å². The number of Topliss-reactive ketones (excluding diaryl/α,β-unsaturated/α-hetero) is 1. The number of hydrogen-bond acceptors (Lipinski definition) is 8. The van der Waals surface area contributed by atoms with Gasteiger partial charge in [-0.1, -0.05) is 24.3 Å². The van der Waals surface area contributed by atoms with Gasteiger partial charge in [0, 0.05) is 23.8 Å². The summed E-state index contributed by atoms with van der Waals surface area (Å²) in [5.74, 6) is 0.627. The first-order valence-corrected chi connectivity index (χ1v) is 11.5. The highest BCUT2D eigenvalue weighted by Crippen LogP contribution is 2.46. The fourth-order valence-electron chi connectivity index (χ4n) is 4.95. The molecule has 0 bridgehead atoms. The number of fused-ring (bicyclic) bond motifs is 1. The molecular formula is C27H25N3O6. The minimum atomic E-state index is -0.632. The van der Waals surface area contributed by atoms with Crippen molar-refractivity contribution in [3.8, 4) is 17.2 Å². The highest BCUT2D eigenvalue weighted by Gasteiger charge is 2.37. The van der Waals surface area contributed by atoms with E-state index in [0.29, 0.717) is 29.1 Å². The van der Waals surface area contributed by atoms with Gasteiger partial charge in [0.2, 0.25) is 0 Å². The average Bonchev–Trinajstić information content (AvgIpc) is 3.05. The van der Waals surface area contributed by atoms with Gasteiger partial charge in [0.1, 0.15) is 0 Å². The molecule has 0 aromatic heterocycles. The summed E-state index contributed by atoms with van der Waals surface area (Å²) in [6, 6.07) is 16.8. The molecule has 0 saturated carbocycles. The second-order valence-electron chi connectivity index (χ2n) is 8.79. The lowest BCUT2D eigenvalue weighted by Crippen LogP contribution is -2.27. The van der Waals surface area contributed by atoms with E-state index in [1.807, 2.05) is 42.5 Å². The quantitative estimate of drug-likeness (QED) is 0.327. The molecule has 3 aromatic carbocycles. The Morgan fingerprint density at radius 3 is 2.39 bits per heavy atom. The number of anilines is 2. The molecule has 1 aliphatic carbocycles. The molecule has 9 heteroatoms. The number of allylic oxidation sites excluding steroid dienone is 1. The highest BCUT2D eigenvalue weighted by atomic mass is 16.6. The average molecular weight is 488 g/mol. The van der Waals surface area contributed by atoms with E-state index in [1.54, 1.807) is 20.3 Å². The number of nitrogens with zero attached hydrogens (tertiary/aromatic N) is 1. The lowest BCUT2D eigenvalue weighted by Gasteiger charge is -2.30. The Hall–Kier alpha value is -4.53. The molecule has 36 heavy (non-hydrogen) atoms. The van der Waals surface area contributed by atoms with Crippen LogP contribution in [0.4, 0.5) is 17.1 Å². The van der Waals surface area contributed by atoms with Crippen molar-refractivity contribution in [3.05, 3.63) is 93.2 Å². The number of hydrogen-bond donors (Lipinski definition) is 3. The van der Waals surface area contributed by atoms with Crippen LogP contribution in [0.25, 0.3) is 0 Å². The maximum Gasteiger partial charge on any atom is 0.311 e. The molecule has 0 fully saturated rings. The molecule has 3 N–H and O–H groups in total. The number of phenols is 1. The standard InChI is InChI=1S/C27H25N3O6/c1-35-24-10-8-15(14-25(24)36-2)17-11-20-26(23(32)13-17)27(29-19-6-4-3-5-18(19)28-20)16-7-9-22(31)21(12-16)30(33)34/h3-10,12,14,17,27-29,31H,11,13H2,1-2H3/t17-,27-/m1/s1. The van der Waals surface area contributed by atoms with Crippen LogP contribution in [0.1, 0.15) is 35.9 Å². The number of aromatic hydroxyl groups is 1. The summed E-state index contributed by atoms with van der Waals surface area (Å²) in [5, 5.41) is 28.3. The first kappa shape index (κ1) is 23.2. The predicted molar refractivity (Wildman–Crippen MR) is 135 cm³/mol. The second kappa shape index (κ2) is 9.26. The summed E-state index contributed by atoms with van der Waals surface area (Å²) in [6.45, 7) is 0. The molecule has 9 nitrogen and oxygen atoms in total. The maximum absolute atomic E-state index is 13.7. The van der Waals surface area contributed by atoms with Gasteiger partial charge in [-0.3, -0.25) is 14.9 Å². The number of ketones is 1. The first-order valence-electron chi connectivity index (χ1n) is 11.5. The molecule has 0 amide bonds. The van der Waals surface area contributed by atoms with E-state index in [2.05, 4.69) is 10.6 Å². The fourth-order valence-corrected chi connectivity index (χ4v) is 4.95. The van der Waals surface area contributed by atoms with Crippen LogP contribution in [0.3, 0.4) is 0 Å². The van der Waals surface area contributed by atoms with E-state index in [-0.39, 0.29) is 18.1 Å². The second-order valence-corrected chi connectivity index (χ2v) is 8.79. The summed E-state index contributed by atoms with van der Waals surface area (Å²) >= 11 is 0. The number of nitrogens with one attached hydrogen (secondary N) is 2. The molecule has 2 aliphatic rings. The van der Waals surface area contributed by atoms with Gasteiger partial charge < -0.3 is 25.2 Å². The van der Waals surface area contributed by atoms with Crippen molar-refractivity contribution < 1.29 is 24.3 Å². The topological polar surface area (TPSA) is 123 Å². The van der Waals surface area contributed by atoms with Gasteiger partial charge in [-0.15, -0.1) is 0 Å². The van der Waals surface area contributed by atoms with Gasteiger partial charge in [-0.2, -0.15) is 0 Å². The van der Waals surface area contributed by atoms with Crippen molar-refractivity contribution in [1.29, 1.82) is 0 Å². The van der Waals surface area contributed by atoms with Gasteiger partial charge in [-0.05, 0) is 53.8 Å². The van der Waals surface area contributed by atoms with E-state index in [1.165, 1.54) is 12.1 Å². The number of carbonyl (C=O) groups is 1. The smallest absolute Gasteiger partial charge is 0.311 e. The Kier molecular flexibility index (Phi) is 5.97. The van der Waals surface area contributed by atoms with Gasteiger partial charge in [0.25, 0.3) is 0 Å². The molecule has 0 unspecified atom stereocenters. The molecule has 1 aliphatic heterocycles. The van der Waals surface area contributed by atoms with Crippen molar-refractivity contribution in [2.75, 3.05) is 24.9 Å². The number of para-hydroxylation sites is 2. The number of phenolic OH excluding ortho intramolecular Hbond substituents is 1. The number of ether oxygens (including phenoxy) is 2. The Bertz CT molecular complexity index is 1400. The molecule has 3 aromatic rings. The number of methoxy groups -OCH3 is 2. The van der Waals surface area contributed by atoms with E-state index in [4.69, 9.17) is 9.47 Å². The number of benzene rings is 3. The molecule has 0 saturated heterocycles. The molecular weight excluding hydrogens is 462 g/mol. The summed E-state index contributed by atoms with van der Waals surface area (Å²) < 4.78 is 10.8. The Morgan fingerprint density at radius 2 is 1.67 bits per heavy atom. The van der Waals surface area contributed by atoms with Gasteiger partial charge in [0.05, 0.1) is 36.6 Å². The summed E-state index contributed by atoms with van der Waals surface area (Å²) in [7, 11) is 3.15. The molecule has 184 valence electrons. The maximum atomic E-state index is 13.7. The zero-order chi connectivity index (χ0) is 25.4.